The van der Waals surface area contributed by atoms with Crippen LogP contribution in [-0.2, 0) is 12.8 Å². The van der Waals surface area contributed by atoms with E-state index in [2.05, 4.69) is 33.4 Å². The first-order valence-electron chi connectivity index (χ1n) is 6.71. The molecule has 3 rings (SSSR count). The van der Waals surface area contributed by atoms with Crippen molar-refractivity contribution in [3.05, 3.63) is 62.6 Å². The Balaban J connectivity index is 1.80. The first kappa shape index (κ1) is 14.8. The summed E-state index contributed by atoms with van der Waals surface area (Å²) in [6.07, 6.45) is 2.61. The summed E-state index contributed by atoms with van der Waals surface area (Å²) in [4.78, 5) is 0. The second kappa shape index (κ2) is 5.93. The van der Waals surface area contributed by atoms with Crippen LogP contribution in [0.2, 0.25) is 5.02 Å². The normalized spacial score (nSPS) is 17.4. The molecule has 0 heterocycles. The molecule has 0 spiro atoms. The molecule has 0 saturated heterocycles. The van der Waals surface area contributed by atoms with Gasteiger partial charge in [0, 0.05) is 16.6 Å². The summed E-state index contributed by atoms with van der Waals surface area (Å²) in [6, 6.07) is 8.28. The topological polar surface area (TPSA) is 12.0 Å². The molecule has 0 fully saturated rings. The van der Waals surface area contributed by atoms with Gasteiger partial charge >= 0.3 is 0 Å². The van der Waals surface area contributed by atoms with Crippen molar-refractivity contribution in [1.82, 2.24) is 0 Å². The molecule has 5 heteroatoms. The maximum Gasteiger partial charge on any atom is 0.150 e. The van der Waals surface area contributed by atoms with E-state index in [1.165, 1.54) is 11.1 Å². The van der Waals surface area contributed by atoms with Crippen LogP contribution < -0.4 is 5.32 Å². The SMILES string of the molecule is Fc1cc(F)c(NC2CCc3cc(Br)ccc3C2)c(Cl)c1. The van der Waals surface area contributed by atoms with Crippen LogP contribution in [0, 0.1) is 11.6 Å². The molecule has 0 aliphatic heterocycles. The Morgan fingerprint density at radius 3 is 2.71 bits per heavy atom. The number of hydrogen-bond acceptors (Lipinski definition) is 1. The fourth-order valence-electron chi connectivity index (χ4n) is 2.73. The molecule has 0 aromatic heterocycles. The molecular formula is C16H13BrClF2N. The zero-order valence-corrected chi connectivity index (χ0v) is 13.4. The largest absolute Gasteiger partial charge is 0.378 e. The van der Waals surface area contributed by atoms with Crippen LogP contribution in [0.1, 0.15) is 17.5 Å². The molecule has 0 saturated carbocycles. The van der Waals surface area contributed by atoms with E-state index >= 15 is 0 Å². The van der Waals surface area contributed by atoms with Gasteiger partial charge in [-0.05, 0) is 48.6 Å². The van der Waals surface area contributed by atoms with Crippen molar-refractivity contribution in [1.29, 1.82) is 0 Å². The van der Waals surface area contributed by atoms with Gasteiger partial charge in [0.15, 0.2) is 5.82 Å². The van der Waals surface area contributed by atoms with Crippen LogP contribution in [0.3, 0.4) is 0 Å². The van der Waals surface area contributed by atoms with Gasteiger partial charge in [0.1, 0.15) is 5.82 Å². The molecule has 1 unspecified atom stereocenters. The molecule has 1 aliphatic rings. The summed E-state index contributed by atoms with van der Waals surface area (Å²) < 4.78 is 28.0. The van der Waals surface area contributed by atoms with Gasteiger partial charge in [-0.3, -0.25) is 0 Å². The minimum atomic E-state index is -0.665. The highest BCUT2D eigenvalue weighted by atomic mass is 79.9. The lowest BCUT2D eigenvalue weighted by molar-refractivity contribution is 0.573. The monoisotopic (exact) mass is 371 g/mol. The Kier molecular flexibility index (Phi) is 4.18. The summed E-state index contributed by atoms with van der Waals surface area (Å²) in [7, 11) is 0. The maximum absolute atomic E-state index is 13.8. The van der Waals surface area contributed by atoms with E-state index in [1.54, 1.807) is 0 Å². The van der Waals surface area contributed by atoms with Crippen LogP contribution in [0.4, 0.5) is 14.5 Å². The van der Waals surface area contributed by atoms with Crippen molar-refractivity contribution in [2.75, 3.05) is 5.32 Å². The van der Waals surface area contributed by atoms with E-state index in [1.807, 2.05) is 6.07 Å². The zero-order chi connectivity index (χ0) is 15.0. The number of rotatable bonds is 2. The highest BCUT2D eigenvalue weighted by Crippen LogP contribution is 2.31. The smallest absolute Gasteiger partial charge is 0.150 e. The van der Waals surface area contributed by atoms with Gasteiger partial charge in [0.05, 0.1) is 10.7 Å². The van der Waals surface area contributed by atoms with Crippen LogP contribution in [-0.4, -0.2) is 6.04 Å². The fraction of sp³-hybridized carbons (Fsp3) is 0.250. The maximum atomic E-state index is 13.8. The molecule has 1 N–H and O–H groups in total. The molecule has 1 aliphatic carbocycles. The predicted molar refractivity (Wildman–Crippen MR) is 84.9 cm³/mol. The van der Waals surface area contributed by atoms with Gasteiger partial charge in [-0.25, -0.2) is 8.78 Å². The Labute approximate surface area is 135 Å². The molecule has 0 bridgehead atoms. The van der Waals surface area contributed by atoms with Gasteiger partial charge in [-0.2, -0.15) is 0 Å². The molecular weight excluding hydrogens is 360 g/mol. The van der Waals surface area contributed by atoms with Crippen molar-refractivity contribution in [2.45, 2.75) is 25.3 Å². The average Bonchev–Trinajstić information content (AvgIpc) is 2.43. The number of aryl methyl sites for hydroxylation is 1. The summed E-state index contributed by atoms with van der Waals surface area (Å²) >= 11 is 9.39. The first-order valence-corrected chi connectivity index (χ1v) is 7.88. The second-order valence-electron chi connectivity index (χ2n) is 5.24. The highest BCUT2D eigenvalue weighted by Gasteiger charge is 2.21. The van der Waals surface area contributed by atoms with Crippen molar-refractivity contribution >= 4 is 33.2 Å². The molecule has 110 valence electrons. The van der Waals surface area contributed by atoms with E-state index in [9.17, 15) is 8.78 Å². The first-order chi connectivity index (χ1) is 10.0. The Bertz CT molecular complexity index is 667. The molecule has 0 amide bonds. The van der Waals surface area contributed by atoms with Gasteiger partial charge < -0.3 is 5.32 Å². The predicted octanol–water partition coefficient (Wildman–Crippen LogP) is 5.35. The molecule has 1 nitrogen and oxygen atoms in total. The van der Waals surface area contributed by atoms with E-state index in [0.717, 1.165) is 35.9 Å². The molecule has 2 aromatic carbocycles. The number of fused-ring (bicyclic) bond motifs is 1. The third-order valence-electron chi connectivity index (χ3n) is 3.75. The van der Waals surface area contributed by atoms with Crippen molar-refractivity contribution in [3.8, 4) is 0 Å². The van der Waals surface area contributed by atoms with E-state index < -0.39 is 11.6 Å². The van der Waals surface area contributed by atoms with Crippen molar-refractivity contribution in [3.63, 3.8) is 0 Å². The Morgan fingerprint density at radius 1 is 1.14 bits per heavy atom. The van der Waals surface area contributed by atoms with E-state index in [0.29, 0.717) is 0 Å². The highest BCUT2D eigenvalue weighted by molar-refractivity contribution is 9.10. The summed E-state index contributed by atoms with van der Waals surface area (Å²) in [5.74, 6) is -1.32. The number of hydrogen-bond donors (Lipinski definition) is 1. The van der Waals surface area contributed by atoms with E-state index in [4.69, 9.17) is 11.6 Å². The lowest BCUT2D eigenvalue weighted by atomic mass is 9.88. The van der Waals surface area contributed by atoms with Crippen molar-refractivity contribution in [2.24, 2.45) is 0 Å². The quantitative estimate of drug-likeness (QED) is 0.749. The van der Waals surface area contributed by atoms with Gasteiger partial charge in [-0.1, -0.05) is 33.6 Å². The molecule has 2 aromatic rings. The van der Waals surface area contributed by atoms with Gasteiger partial charge in [0.25, 0.3) is 0 Å². The summed E-state index contributed by atoms with van der Waals surface area (Å²) in [5, 5.41) is 3.19. The molecule has 1 atom stereocenters. The number of anilines is 1. The third kappa shape index (κ3) is 3.22. The van der Waals surface area contributed by atoms with Crippen LogP contribution in [0.25, 0.3) is 0 Å². The Morgan fingerprint density at radius 2 is 1.95 bits per heavy atom. The number of nitrogens with one attached hydrogen (secondary N) is 1. The van der Waals surface area contributed by atoms with E-state index in [-0.39, 0.29) is 16.8 Å². The lowest BCUT2D eigenvalue weighted by Crippen LogP contribution is -2.28. The number of benzene rings is 2. The van der Waals surface area contributed by atoms with Crippen LogP contribution in [0.5, 0.6) is 0 Å². The van der Waals surface area contributed by atoms with Crippen LogP contribution >= 0.6 is 27.5 Å². The van der Waals surface area contributed by atoms with Gasteiger partial charge in [0.2, 0.25) is 0 Å². The minimum Gasteiger partial charge on any atom is -0.378 e. The van der Waals surface area contributed by atoms with Crippen molar-refractivity contribution < 1.29 is 8.78 Å². The lowest BCUT2D eigenvalue weighted by Gasteiger charge is -2.27. The standard InChI is InChI=1S/C16H13BrClF2N/c17-11-3-1-10-6-13(4-2-9(10)5-11)21-16-14(18)7-12(19)8-15(16)20/h1,3,5,7-8,13,21H,2,4,6H2. The third-order valence-corrected chi connectivity index (χ3v) is 4.54. The second-order valence-corrected chi connectivity index (χ2v) is 6.56. The molecule has 0 radical (unpaired) electrons. The number of halogens is 4. The van der Waals surface area contributed by atoms with Gasteiger partial charge in [-0.15, -0.1) is 0 Å². The minimum absolute atomic E-state index is 0.0779. The van der Waals surface area contributed by atoms with Crippen LogP contribution in [0.15, 0.2) is 34.8 Å². The summed E-state index contributed by atoms with van der Waals surface area (Å²) in [6.45, 7) is 0. The fourth-order valence-corrected chi connectivity index (χ4v) is 3.39. The average molecular weight is 373 g/mol. The summed E-state index contributed by atoms with van der Waals surface area (Å²) in [5.41, 5.74) is 2.75. The molecule has 21 heavy (non-hydrogen) atoms. The zero-order valence-electron chi connectivity index (χ0n) is 11.1. The Hall–Kier alpha value is -1.13.